The Balaban J connectivity index is 2.08. The zero-order chi connectivity index (χ0) is 15.9. The maximum absolute atomic E-state index is 13.9. The van der Waals surface area contributed by atoms with Crippen LogP contribution in [0.25, 0.3) is 0 Å². The average molecular weight is 297 g/mol. The van der Waals surface area contributed by atoms with Crippen LogP contribution in [0.3, 0.4) is 0 Å². The molecular weight excluding hydrogens is 281 g/mol. The van der Waals surface area contributed by atoms with E-state index in [0.717, 1.165) is 12.8 Å². The van der Waals surface area contributed by atoms with Crippen LogP contribution in [-0.4, -0.2) is 5.97 Å². The van der Waals surface area contributed by atoms with Gasteiger partial charge in [-0.3, -0.25) is 0 Å². The van der Waals surface area contributed by atoms with E-state index in [1.54, 1.807) is 24.3 Å². The molecule has 0 aliphatic heterocycles. The summed E-state index contributed by atoms with van der Waals surface area (Å²) in [6, 6.07) is 12.5. The first-order chi connectivity index (χ1) is 10.6. The van der Waals surface area contributed by atoms with Gasteiger partial charge in [-0.15, -0.1) is 0 Å². The van der Waals surface area contributed by atoms with E-state index in [9.17, 15) is 9.18 Å². The zero-order valence-corrected chi connectivity index (χ0v) is 12.3. The smallest absolute Gasteiger partial charge is 0.343 e. The summed E-state index contributed by atoms with van der Waals surface area (Å²) in [6.45, 7) is 2.04. The van der Waals surface area contributed by atoms with Gasteiger partial charge in [0.15, 0.2) is 0 Å². The summed E-state index contributed by atoms with van der Waals surface area (Å²) in [5.74, 6) is -0.687. The number of hydrogen-bond donors (Lipinski definition) is 0. The van der Waals surface area contributed by atoms with Crippen molar-refractivity contribution in [2.45, 2.75) is 26.2 Å². The third kappa shape index (κ3) is 3.92. The topological polar surface area (TPSA) is 50.1 Å². The molecule has 22 heavy (non-hydrogen) atoms. The molecule has 0 saturated heterocycles. The van der Waals surface area contributed by atoms with E-state index in [0.29, 0.717) is 23.3 Å². The minimum Gasteiger partial charge on any atom is -0.423 e. The number of unbranched alkanes of at least 4 members (excludes halogenated alkanes) is 1. The fourth-order valence-corrected chi connectivity index (χ4v) is 2.01. The quantitative estimate of drug-likeness (QED) is 0.612. The first-order valence-corrected chi connectivity index (χ1v) is 7.15. The molecule has 0 aromatic heterocycles. The van der Waals surface area contributed by atoms with Gasteiger partial charge in [0.25, 0.3) is 0 Å². The minimum absolute atomic E-state index is 0.169. The largest absolute Gasteiger partial charge is 0.423 e. The highest BCUT2D eigenvalue weighted by Gasteiger charge is 2.12. The van der Waals surface area contributed by atoms with Gasteiger partial charge >= 0.3 is 5.97 Å². The van der Waals surface area contributed by atoms with Crippen LogP contribution in [0.15, 0.2) is 42.5 Å². The molecule has 0 saturated carbocycles. The van der Waals surface area contributed by atoms with Gasteiger partial charge in [-0.2, -0.15) is 5.26 Å². The van der Waals surface area contributed by atoms with E-state index in [1.807, 2.05) is 13.0 Å². The highest BCUT2D eigenvalue weighted by Crippen LogP contribution is 2.17. The summed E-state index contributed by atoms with van der Waals surface area (Å²) in [6.07, 6.45) is 2.56. The second kappa shape index (κ2) is 7.37. The lowest BCUT2D eigenvalue weighted by Gasteiger charge is -2.07. The van der Waals surface area contributed by atoms with E-state index in [4.69, 9.17) is 10.00 Å². The number of halogens is 1. The molecule has 2 aromatic rings. The molecule has 0 aliphatic carbocycles. The van der Waals surface area contributed by atoms with Gasteiger partial charge in [0.1, 0.15) is 11.6 Å². The van der Waals surface area contributed by atoms with Crippen molar-refractivity contribution in [3.63, 3.8) is 0 Å². The Morgan fingerprint density at radius 2 is 1.95 bits per heavy atom. The maximum atomic E-state index is 13.9. The number of ether oxygens (including phenoxy) is 1. The summed E-state index contributed by atoms with van der Waals surface area (Å²) in [7, 11) is 0. The molecule has 0 fully saturated rings. The van der Waals surface area contributed by atoms with Crippen LogP contribution in [0.2, 0.25) is 0 Å². The molecule has 2 aromatic carbocycles. The number of carbonyl (C=O) groups is 1. The summed E-state index contributed by atoms with van der Waals surface area (Å²) in [4.78, 5) is 12.0. The van der Waals surface area contributed by atoms with Gasteiger partial charge in [0.05, 0.1) is 17.2 Å². The third-order valence-electron chi connectivity index (χ3n) is 3.28. The number of hydrogen-bond acceptors (Lipinski definition) is 3. The molecule has 0 N–H and O–H groups in total. The summed E-state index contributed by atoms with van der Waals surface area (Å²) < 4.78 is 19.1. The van der Waals surface area contributed by atoms with Crippen LogP contribution in [0.5, 0.6) is 5.75 Å². The van der Waals surface area contributed by atoms with Crippen molar-refractivity contribution >= 4 is 5.97 Å². The number of esters is 1. The van der Waals surface area contributed by atoms with Crippen LogP contribution < -0.4 is 4.74 Å². The first kappa shape index (κ1) is 15.7. The van der Waals surface area contributed by atoms with Gasteiger partial charge in [0.2, 0.25) is 0 Å². The Labute approximate surface area is 129 Å². The van der Waals surface area contributed by atoms with E-state index in [1.165, 1.54) is 18.2 Å². The molecule has 112 valence electrons. The first-order valence-electron chi connectivity index (χ1n) is 7.15. The molecule has 0 aliphatic rings. The predicted octanol–water partition coefficient (Wildman–Crippen LogP) is 4.26. The lowest BCUT2D eigenvalue weighted by atomic mass is 10.1. The van der Waals surface area contributed by atoms with Crippen molar-refractivity contribution in [2.75, 3.05) is 0 Å². The van der Waals surface area contributed by atoms with E-state index >= 15 is 0 Å². The fourth-order valence-electron chi connectivity index (χ4n) is 2.01. The summed E-state index contributed by atoms with van der Waals surface area (Å²) in [5, 5.41) is 8.71. The lowest BCUT2D eigenvalue weighted by Crippen LogP contribution is -2.09. The highest BCUT2D eigenvalue weighted by atomic mass is 19.1. The van der Waals surface area contributed by atoms with Crippen LogP contribution in [0.4, 0.5) is 4.39 Å². The number of rotatable bonds is 5. The fraction of sp³-hybridized carbons (Fsp3) is 0.222. The molecule has 0 spiro atoms. The Kier molecular flexibility index (Phi) is 5.26. The van der Waals surface area contributed by atoms with Gasteiger partial charge in [-0.05, 0) is 54.8 Å². The van der Waals surface area contributed by atoms with Crippen molar-refractivity contribution < 1.29 is 13.9 Å². The molecule has 2 rings (SSSR count). The Morgan fingerprint density at radius 1 is 1.23 bits per heavy atom. The standard InChI is InChI=1S/C18H16FNO2/c1-2-3-4-14-7-8-15(11-17(14)19)18(21)22-16-9-5-13(12-20)6-10-16/h5-11H,2-4H2,1H3. The second-order valence-corrected chi connectivity index (χ2v) is 4.94. The van der Waals surface area contributed by atoms with Crippen molar-refractivity contribution in [3.8, 4) is 11.8 Å². The number of nitriles is 1. The maximum Gasteiger partial charge on any atom is 0.343 e. The SMILES string of the molecule is CCCCc1ccc(C(=O)Oc2ccc(C#N)cc2)cc1F. The third-order valence-corrected chi connectivity index (χ3v) is 3.28. The molecule has 0 radical (unpaired) electrons. The monoisotopic (exact) mass is 297 g/mol. The van der Waals surface area contributed by atoms with Gasteiger partial charge in [0, 0.05) is 0 Å². The van der Waals surface area contributed by atoms with Gasteiger partial charge in [-0.1, -0.05) is 19.4 Å². The molecule has 4 heteroatoms. The molecule has 0 unspecified atom stereocenters. The van der Waals surface area contributed by atoms with Crippen LogP contribution in [0, 0.1) is 17.1 Å². The lowest BCUT2D eigenvalue weighted by molar-refractivity contribution is 0.0734. The highest BCUT2D eigenvalue weighted by molar-refractivity contribution is 5.91. The second-order valence-electron chi connectivity index (χ2n) is 4.94. The number of benzene rings is 2. The normalized spacial score (nSPS) is 10.0. The molecule has 0 heterocycles. The van der Waals surface area contributed by atoms with E-state index in [2.05, 4.69) is 0 Å². The number of carbonyl (C=O) groups excluding carboxylic acids is 1. The van der Waals surface area contributed by atoms with Crippen molar-refractivity contribution in [1.82, 2.24) is 0 Å². The van der Waals surface area contributed by atoms with Crippen LogP contribution in [-0.2, 0) is 6.42 Å². The average Bonchev–Trinajstić information content (AvgIpc) is 2.54. The van der Waals surface area contributed by atoms with E-state index < -0.39 is 5.97 Å². The zero-order valence-electron chi connectivity index (χ0n) is 12.3. The summed E-state index contributed by atoms with van der Waals surface area (Å²) >= 11 is 0. The van der Waals surface area contributed by atoms with Crippen molar-refractivity contribution in [2.24, 2.45) is 0 Å². The van der Waals surface area contributed by atoms with Crippen molar-refractivity contribution in [3.05, 3.63) is 65.0 Å². The summed E-state index contributed by atoms with van der Waals surface area (Å²) in [5.41, 5.74) is 1.25. The molecule has 3 nitrogen and oxygen atoms in total. The van der Waals surface area contributed by atoms with E-state index in [-0.39, 0.29) is 11.4 Å². The Morgan fingerprint density at radius 3 is 2.55 bits per heavy atom. The minimum atomic E-state index is -0.620. The molecule has 0 atom stereocenters. The van der Waals surface area contributed by atoms with Crippen LogP contribution in [0.1, 0.15) is 41.3 Å². The van der Waals surface area contributed by atoms with Crippen molar-refractivity contribution in [1.29, 1.82) is 5.26 Å². The van der Waals surface area contributed by atoms with Gasteiger partial charge < -0.3 is 4.74 Å². The molecular formula is C18H16FNO2. The number of nitrogens with zero attached hydrogens (tertiary/aromatic N) is 1. The number of aryl methyl sites for hydroxylation is 1. The van der Waals surface area contributed by atoms with Crippen LogP contribution >= 0.6 is 0 Å². The van der Waals surface area contributed by atoms with Gasteiger partial charge in [-0.25, -0.2) is 9.18 Å². The molecule has 0 bridgehead atoms. The Hall–Kier alpha value is -2.67. The predicted molar refractivity (Wildman–Crippen MR) is 81.1 cm³/mol. The molecule has 0 amide bonds. The Bertz CT molecular complexity index is 702.